The first-order valence-corrected chi connectivity index (χ1v) is 11.8. The molecular formula is C25H26Cl2N2O2. The van der Waals surface area contributed by atoms with Gasteiger partial charge in [0.2, 0.25) is 5.91 Å². The van der Waals surface area contributed by atoms with E-state index in [1.807, 2.05) is 12.1 Å². The molecule has 3 saturated carbocycles. The maximum Gasteiger partial charge on any atom is 0.251 e. The minimum absolute atomic E-state index is 0.0604. The number of hydrogen-bond donors (Lipinski definition) is 2. The van der Waals surface area contributed by atoms with E-state index in [1.54, 1.807) is 36.4 Å². The topological polar surface area (TPSA) is 58.2 Å². The van der Waals surface area contributed by atoms with Gasteiger partial charge in [-0.1, -0.05) is 48.2 Å². The summed E-state index contributed by atoms with van der Waals surface area (Å²) in [5, 5.41) is 7.66. The Hall–Kier alpha value is -2.04. The fraction of sp³-hybridized carbons (Fsp3) is 0.440. The molecule has 3 aliphatic carbocycles. The molecule has 3 fully saturated rings. The Balaban J connectivity index is 1.42. The lowest BCUT2D eigenvalue weighted by molar-refractivity contribution is -0.127. The van der Waals surface area contributed by atoms with Gasteiger partial charge in [-0.2, -0.15) is 0 Å². The van der Waals surface area contributed by atoms with Gasteiger partial charge < -0.3 is 10.6 Å². The van der Waals surface area contributed by atoms with Crippen LogP contribution in [0.2, 0.25) is 10.0 Å². The standard InChI is InChI=1S/C25H26Cl2N2O2/c26-19-6-1-5-17(11-19)22(30)29-25-9-3-4-16-10-18(25)14-24(13-16,15-25)23(31)28-21-8-2-7-20(27)12-21/h1-2,5-8,11-12,16,18H,3-4,9-10,13-15H2,(H,28,31)(H,29,30). The molecule has 2 aromatic rings. The highest BCUT2D eigenvalue weighted by molar-refractivity contribution is 6.31. The monoisotopic (exact) mass is 456 g/mol. The van der Waals surface area contributed by atoms with Crippen LogP contribution in [-0.2, 0) is 4.79 Å². The maximum absolute atomic E-state index is 13.5. The van der Waals surface area contributed by atoms with Gasteiger partial charge >= 0.3 is 0 Å². The molecule has 2 aromatic carbocycles. The SMILES string of the molecule is O=C(NC12CCCC3CC1CC(C(=O)Nc1cccc(Cl)c1)(C3)C2)c1cccc(Cl)c1. The number of halogens is 2. The Morgan fingerprint density at radius 1 is 1.00 bits per heavy atom. The van der Waals surface area contributed by atoms with E-state index in [4.69, 9.17) is 23.2 Å². The first-order valence-electron chi connectivity index (χ1n) is 11.0. The smallest absolute Gasteiger partial charge is 0.251 e. The Labute approximate surface area is 192 Å². The van der Waals surface area contributed by atoms with Crippen molar-refractivity contribution in [3.8, 4) is 0 Å². The molecule has 0 heterocycles. The summed E-state index contributed by atoms with van der Waals surface area (Å²) in [6.45, 7) is 0. The first-order chi connectivity index (χ1) is 14.9. The minimum atomic E-state index is -0.446. The third-order valence-electron chi connectivity index (χ3n) is 7.62. The largest absolute Gasteiger partial charge is 0.346 e. The Morgan fingerprint density at radius 3 is 2.55 bits per heavy atom. The van der Waals surface area contributed by atoms with Crippen molar-refractivity contribution >= 4 is 40.7 Å². The highest BCUT2D eigenvalue weighted by atomic mass is 35.5. The van der Waals surface area contributed by atoms with Crippen molar-refractivity contribution in [2.75, 3.05) is 5.32 Å². The number of amides is 2. The van der Waals surface area contributed by atoms with E-state index >= 15 is 0 Å². The molecule has 2 N–H and O–H groups in total. The molecule has 0 saturated heterocycles. The van der Waals surface area contributed by atoms with Gasteiger partial charge in [0.25, 0.3) is 5.91 Å². The zero-order chi connectivity index (χ0) is 21.6. The van der Waals surface area contributed by atoms with E-state index in [-0.39, 0.29) is 17.4 Å². The summed E-state index contributed by atoms with van der Waals surface area (Å²) < 4.78 is 0. The average Bonchev–Trinajstić information content (AvgIpc) is 2.87. The van der Waals surface area contributed by atoms with Crippen molar-refractivity contribution < 1.29 is 9.59 Å². The quantitative estimate of drug-likeness (QED) is 0.584. The molecule has 2 amide bonds. The van der Waals surface area contributed by atoms with E-state index in [9.17, 15) is 9.59 Å². The van der Waals surface area contributed by atoms with Crippen LogP contribution in [0.25, 0.3) is 0 Å². The molecule has 162 valence electrons. The molecule has 0 spiro atoms. The molecule has 4 nitrogen and oxygen atoms in total. The lowest BCUT2D eigenvalue weighted by Crippen LogP contribution is -2.51. The normalized spacial score (nSPS) is 31.2. The van der Waals surface area contributed by atoms with Gasteiger partial charge in [-0.15, -0.1) is 0 Å². The number of anilines is 1. The van der Waals surface area contributed by atoms with Crippen LogP contribution >= 0.6 is 23.2 Å². The number of fused-ring (bicyclic) bond motifs is 2. The number of benzene rings is 2. The van der Waals surface area contributed by atoms with Gasteiger partial charge in [0, 0.05) is 26.8 Å². The second-order valence-corrected chi connectivity index (χ2v) is 10.5. The summed E-state index contributed by atoms with van der Waals surface area (Å²) in [5.41, 5.74) is 0.512. The van der Waals surface area contributed by atoms with Crippen LogP contribution in [0, 0.1) is 17.3 Å². The van der Waals surface area contributed by atoms with Crippen molar-refractivity contribution in [3.63, 3.8) is 0 Å². The number of hydrogen-bond acceptors (Lipinski definition) is 2. The molecule has 3 bridgehead atoms. The van der Waals surface area contributed by atoms with Gasteiger partial charge in [-0.25, -0.2) is 0 Å². The molecule has 5 rings (SSSR count). The summed E-state index contributed by atoms with van der Waals surface area (Å²) in [7, 11) is 0. The Bertz CT molecular complexity index is 1040. The van der Waals surface area contributed by atoms with Crippen LogP contribution in [0.1, 0.15) is 55.3 Å². The van der Waals surface area contributed by atoms with Gasteiger partial charge in [0.1, 0.15) is 0 Å². The van der Waals surface area contributed by atoms with Crippen molar-refractivity contribution in [1.82, 2.24) is 5.32 Å². The van der Waals surface area contributed by atoms with Crippen molar-refractivity contribution in [2.45, 2.75) is 50.5 Å². The highest BCUT2D eigenvalue weighted by Crippen LogP contribution is 2.62. The molecule has 6 heteroatoms. The van der Waals surface area contributed by atoms with E-state index < -0.39 is 5.41 Å². The third kappa shape index (κ3) is 3.85. The second-order valence-electron chi connectivity index (χ2n) is 9.64. The maximum atomic E-state index is 13.5. The van der Waals surface area contributed by atoms with E-state index in [0.717, 1.165) is 44.2 Å². The number of carbonyl (C=O) groups excluding carboxylic acids is 2. The highest BCUT2D eigenvalue weighted by Gasteiger charge is 2.62. The first kappa shape index (κ1) is 20.8. The molecule has 0 aliphatic heterocycles. The predicted molar refractivity (Wildman–Crippen MR) is 123 cm³/mol. The van der Waals surface area contributed by atoms with Crippen molar-refractivity contribution in [1.29, 1.82) is 0 Å². The molecule has 31 heavy (non-hydrogen) atoms. The Kier molecular flexibility index (Phi) is 5.26. The lowest BCUT2D eigenvalue weighted by atomic mass is 9.69. The summed E-state index contributed by atoms with van der Waals surface area (Å²) in [4.78, 5) is 26.7. The zero-order valence-electron chi connectivity index (χ0n) is 17.3. The molecular weight excluding hydrogens is 431 g/mol. The van der Waals surface area contributed by atoms with E-state index in [2.05, 4.69) is 10.6 Å². The van der Waals surface area contributed by atoms with Gasteiger partial charge in [0.15, 0.2) is 0 Å². The van der Waals surface area contributed by atoms with Crippen molar-refractivity contribution in [2.24, 2.45) is 17.3 Å². The average molecular weight is 457 g/mol. The van der Waals surface area contributed by atoms with Crippen LogP contribution in [0.3, 0.4) is 0 Å². The fourth-order valence-electron chi connectivity index (χ4n) is 6.44. The molecule has 0 radical (unpaired) electrons. The molecule has 0 aromatic heterocycles. The fourth-order valence-corrected chi connectivity index (χ4v) is 6.82. The van der Waals surface area contributed by atoms with Crippen LogP contribution < -0.4 is 10.6 Å². The summed E-state index contributed by atoms with van der Waals surface area (Å²) >= 11 is 12.2. The van der Waals surface area contributed by atoms with E-state index in [0.29, 0.717) is 33.9 Å². The third-order valence-corrected chi connectivity index (χ3v) is 8.09. The summed E-state index contributed by atoms with van der Waals surface area (Å²) in [6.07, 6.45) is 6.63. The molecule has 3 aliphatic rings. The van der Waals surface area contributed by atoms with Gasteiger partial charge in [-0.3, -0.25) is 9.59 Å². The second kappa shape index (κ2) is 7.83. The summed E-state index contributed by atoms with van der Waals surface area (Å²) in [6, 6.07) is 14.4. The van der Waals surface area contributed by atoms with Crippen LogP contribution in [-0.4, -0.2) is 17.4 Å². The van der Waals surface area contributed by atoms with Crippen LogP contribution in [0.4, 0.5) is 5.69 Å². The molecule has 4 unspecified atom stereocenters. The predicted octanol–water partition coefficient (Wildman–Crippen LogP) is 6.09. The number of carbonyl (C=O) groups is 2. The van der Waals surface area contributed by atoms with Crippen LogP contribution in [0.5, 0.6) is 0 Å². The zero-order valence-corrected chi connectivity index (χ0v) is 18.8. The van der Waals surface area contributed by atoms with Crippen LogP contribution in [0.15, 0.2) is 48.5 Å². The van der Waals surface area contributed by atoms with Gasteiger partial charge in [0.05, 0.1) is 5.41 Å². The lowest BCUT2D eigenvalue weighted by Gasteiger charge is -2.36. The van der Waals surface area contributed by atoms with E-state index in [1.165, 1.54) is 0 Å². The number of rotatable bonds is 4. The molecule has 4 atom stereocenters. The minimum Gasteiger partial charge on any atom is -0.346 e. The summed E-state index contributed by atoms with van der Waals surface area (Å²) in [5.74, 6) is 0.822. The Morgan fingerprint density at radius 2 is 1.77 bits per heavy atom. The van der Waals surface area contributed by atoms with Crippen molar-refractivity contribution in [3.05, 3.63) is 64.1 Å². The van der Waals surface area contributed by atoms with Gasteiger partial charge in [-0.05, 0) is 80.3 Å². The number of nitrogens with one attached hydrogen (secondary N) is 2.